The van der Waals surface area contributed by atoms with Gasteiger partial charge in [0.2, 0.25) is 0 Å². The first-order valence-corrected chi connectivity index (χ1v) is 6.13. The van der Waals surface area contributed by atoms with Gasteiger partial charge in [-0.05, 0) is 31.2 Å². The minimum atomic E-state index is 0.422. The van der Waals surface area contributed by atoms with Crippen molar-refractivity contribution in [3.05, 3.63) is 17.9 Å². The highest BCUT2D eigenvalue weighted by atomic mass is 16.4. The molecule has 3 heteroatoms. The second-order valence-corrected chi connectivity index (χ2v) is 4.49. The molecule has 3 nitrogen and oxygen atoms in total. The first-order chi connectivity index (χ1) is 7.83. The normalized spacial score (nSPS) is 21.8. The van der Waals surface area contributed by atoms with Crippen molar-refractivity contribution in [2.45, 2.75) is 32.6 Å². The van der Waals surface area contributed by atoms with Gasteiger partial charge in [-0.15, -0.1) is 0 Å². The van der Waals surface area contributed by atoms with Crippen LogP contribution >= 0.6 is 0 Å². The Bertz CT molecular complexity index is 345. The van der Waals surface area contributed by atoms with Crippen LogP contribution in [0, 0.1) is 5.92 Å². The molecule has 2 heterocycles. The van der Waals surface area contributed by atoms with Crippen molar-refractivity contribution in [2.75, 3.05) is 18.0 Å². The fourth-order valence-corrected chi connectivity index (χ4v) is 2.37. The number of carbonyl (C=O) groups is 1. The van der Waals surface area contributed by atoms with Gasteiger partial charge in [-0.1, -0.05) is 13.3 Å². The van der Waals surface area contributed by atoms with Gasteiger partial charge in [0.15, 0.2) is 17.9 Å². The zero-order valence-electron chi connectivity index (χ0n) is 9.82. The highest BCUT2D eigenvalue weighted by Crippen LogP contribution is 2.25. The van der Waals surface area contributed by atoms with E-state index in [1.807, 2.05) is 6.07 Å². The van der Waals surface area contributed by atoms with Crippen molar-refractivity contribution in [2.24, 2.45) is 5.92 Å². The third kappa shape index (κ3) is 2.46. The first kappa shape index (κ1) is 11.2. The minimum Gasteiger partial charge on any atom is -0.438 e. The molecule has 0 saturated carbocycles. The van der Waals surface area contributed by atoms with Gasteiger partial charge in [0.1, 0.15) is 0 Å². The van der Waals surface area contributed by atoms with E-state index in [2.05, 4.69) is 11.8 Å². The van der Waals surface area contributed by atoms with E-state index in [1.54, 1.807) is 6.07 Å². The summed E-state index contributed by atoms with van der Waals surface area (Å²) in [6.07, 6.45) is 5.79. The van der Waals surface area contributed by atoms with Gasteiger partial charge in [0, 0.05) is 19.2 Å². The molecule has 1 atom stereocenters. The van der Waals surface area contributed by atoms with E-state index in [-0.39, 0.29) is 0 Å². The molecule has 0 spiro atoms. The topological polar surface area (TPSA) is 33.5 Å². The number of aldehydes is 1. The van der Waals surface area contributed by atoms with E-state index in [4.69, 9.17) is 4.42 Å². The van der Waals surface area contributed by atoms with E-state index in [0.29, 0.717) is 5.76 Å². The summed E-state index contributed by atoms with van der Waals surface area (Å²) in [4.78, 5) is 12.8. The van der Waals surface area contributed by atoms with Gasteiger partial charge in [-0.2, -0.15) is 0 Å². The Labute approximate surface area is 96.4 Å². The fraction of sp³-hybridized carbons (Fsp3) is 0.615. The van der Waals surface area contributed by atoms with Gasteiger partial charge in [-0.25, -0.2) is 0 Å². The third-order valence-electron chi connectivity index (χ3n) is 3.47. The van der Waals surface area contributed by atoms with Gasteiger partial charge in [0.05, 0.1) is 0 Å². The summed E-state index contributed by atoms with van der Waals surface area (Å²) in [7, 11) is 0. The first-order valence-electron chi connectivity index (χ1n) is 6.13. The molecule has 0 aliphatic carbocycles. The molecule has 0 N–H and O–H groups in total. The van der Waals surface area contributed by atoms with Crippen molar-refractivity contribution < 1.29 is 9.21 Å². The van der Waals surface area contributed by atoms with Crippen LogP contribution in [0.3, 0.4) is 0 Å². The Kier molecular flexibility index (Phi) is 3.65. The quantitative estimate of drug-likeness (QED) is 0.735. The van der Waals surface area contributed by atoms with Crippen LogP contribution in [0.4, 0.5) is 5.88 Å². The predicted octanol–water partition coefficient (Wildman–Crippen LogP) is 3.11. The summed E-state index contributed by atoms with van der Waals surface area (Å²) in [6, 6.07) is 3.64. The summed E-state index contributed by atoms with van der Waals surface area (Å²) in [5, 5.41) is 0. The third-order valence-corrected chi connectivity index (χ3v) is 3.47. The van der Waals surface area contributed by atoms with Crippen molar-refractivity contribution in [3.8, 4) is 0 Å². The van der Waals surface area contributed by atoms with E-state index in [1.165, 1.54) is 25.7 Å². The maximum atomic E-state index is 10.6. The Balaban J connectivity index is 2.01. The molecule has 1 aliphatic rings. The summed E-state index contributed by atoms with van der Waals surface area (Å²) in [5.41, 5.74) is 0. The average molecular weight is 221 g/mol. The van der Waals surface area contributed by atoms with Gasteiger partial charge >= 0.3 is 0 Å². The fourth-order valence-electron chi connectivity index (χ4n) is 2.37. The Morgan fingerprint density at radius 2 is 2.31 bits per heavy atom. The van der Waals surface area contributed by atoms with Crippen molar-refractivity contribution in [1.29, 1.82) is 0 Å². The van der Waals surface area contributed by atoms with Gasteiger partial charge < -0.3 is 9.32 Å². The Hall–Kier alpha value is -1.25. The molecule has 1 saturated heterocycles. The van der Waals surface area contributed by atoms with Crippen LogP contribution in [0.5, 0.6) is 0 Å². The molecule has 1 fully saturated rings. The summed E-state index contributed by atoms with van der Waals surface area (Å²) in [6.45, 7) is 4.35. The predicted molar refractivity (Wildman–Crippen MR) is 63.9 cm³/mol. The zero-order valence-corrected chi connectivity index (χ0v) is 9.82. The maximum absolute atomic E-state index is 10.6. The summed E-state index contributed by atoms with van der Waals surface area (Å²) < 4.78 is 5.45. The molecule has 1 aromatic rings. The van der Waals surface area contributed by atoms with Gasteiger partial charge in [0.25, 0.3) is 0 Å². The van der Waals surface area contributed by atoms with E-state index in [9.17, 15) is 4.79 Å². The van der Waals surface area contributed by atoms with E-state index in [0.717, 1.165) is 31.2 Å². The Morgan fingerprint density at radius 3 is 3.00 bits per heavy atom. The molecule has 0 aromatic carbocycles. The summed E-state index contributed by atoms with van der Waals surface area (Å²) in [5.74, 6) is 2.12. The molecule has 1 unspecified atom stereocenters. The number of carbonyl (C=O) groups excluding carboxylic acids is 1. The molecule has 0 bridgehead atoms. The molecule has 1 aliphatic heterocycles. The zero-order chi connectivity index (χ0) is 11.4. The highest BCUT2D eigenvalue weighted by molar-refractivity contribution is 5.71. The smallest absolute Gasteiger partial charge is 0.196 e. The van der Waals surface area contributed by atoms with E-state index < -0.39 is 0 Å². The number of nitrogens with zero attached hydrogens (tertiary/aromatic N) is 1. The molecular weight excluding hydrogens is 202 g/mol. The van der Waals surface area contributed by atoms with Crippen LogP contribution in [0.1, 0.15) is 43.2 Å². The van der Waals surface area contributed by atoms with Crippen LogP contribution < -0.4 is 4.90 Å². The number of anilines is 1. The second kappa shape index (κ2) is 5.19. The average Bonchev–Trinajstić information content (AvgIpc) is 2.67. The number of hydrogen-bond acceptors (Lipinski definition) is 3. The van der Waals surface area contributed by atoms with Crippen molar-refractivity contribution >= 4 is 12.2 Å². The highest BCUT2D eigenvalue weighted by Gasteiger charge is 2.17. The van der Waals surface area contributed by atoms with Crippen molar-refractivity contribution in [3.63, 3.8) is 0 Å². The molecule has 16 heavy (non-hydrogen) atoms. The second-order valence-electron chi connectivity index (χ2n) is 4.49. The van der Waals surface area contributed by atoms with E-state index >= 15 is 0 Å². The molecule has 0 radical (unpaired) electrons. The maximum Gasteiger partial charge on any atom is 0.196 e. The summed E-state index contributed by atoms with van der Waals surface area (Å²) >= 11 is 0. The van der Waals surface area contributed by atoms with Gasteiger partial charge in [-0.3, -0.25) is 4.79 Å². The van der Waals surface area contributed by atoms with Crippen LogP contribution in [0.2, 0.25) is 0 Å². The number of furan rings is 1. The van der Waals surface area contributed by atoms with Crippen LogP contribution in [0.25, 0.3) is 0 Å². The molecule has 88 valence electrons. The molecule has 1 aromatic heterocycles. The largest absolute Gasteiger partial charge is 0.438 e. The van der Waals surface area contributed by atoms with Crippen LogP contribution in [-0.4, -0.2) is 19.4 Å². The lowest BCUT2D eigenvalue weighted by Crippen LogP contribution is -2.23. The lowest BCUT2D eigenvalue weighted by molar-refractivity contribution is 0.110. The Morgan fingerprint density at radius 1 is 1.44 bits per heavy atom. The lowest BCUT2D eigenvalue weighted by Gasteiger charge is -2.19. The molecule has 2 rings (SSSR count). The SMILES string of the molecule is CCC1CCCN(c2ccc(C=O)o2)CC1. The standard InChI is InChI=1S/C13H19NO2/c1-2-11-4-3-8-14(9-7-11)13-6-5-12(10-15)16-13/h5-6,10-11H,2-4,7-9H2,1H3. The minimum absolute atomic E-state index is 0.422. The monoisotopic (exact) mass is 221 g/mol. The molecular formula is C13H19NO2. The van der Waals surface area contributed by atoms with Crippen LogP contribution in [0.15, 0.2) is 16.5 Å². The molecule has 0 amide bonds. The van der Waals surface area contributed by atoms with Crippen LogP contribution in [-0.2, 0) is 0 Å². The van der Waals surface area contributed by atoms with Crippen molar-refractivity contribution in [1.82, 2.24) is 0 Å². The number of rotatable bonds is 3. The number of hydrogen-bond donors (Lipinski definition) is 0. The lowest BCUT2D eigenvalue weighted by atomic mass is 9.98.